The van der Waals surface area contributed by atoms with Gasteiger partial charge in [-0.15, -0.1) is 0 Å². The van der Waals surface area contributed by atoms with Crippen LogP contribution in [0.1, 0.15) is 40.3 Å². The molecule has 1 N–H and O–H groups in total. The number of ether oxygens (including phenoxy) is 10. The fourth-order valence-corrected chi connectivity index (χ4v) is 8.35. The van der Waals surface area contributed by atoms with Gasteiger partial charge >= 0.3 is 5.97 Å². The monoisotopic (exact) mass is 924 g/mol. The fourth-order valence-electron chi connectivity index (χ4n) is 8.35. The van der Waals surface area contributed by atoms with Crippen molar-refractivity contribution in [3.8, 4) is 0 Å². The van der Waals surface area contributed by atoms with Gasteiger partial charge in [0.15, 0.2) is 18.7 Å². The molecule has 10 unspecified atom stereocenters. The summed E-state index contributed by atoms with van der Waals surface area (Å²) >= 11 is 0. The summed E-state index contributed by atoms with van der Waals surface area (Å²) in [6.07, 6.45) is -10.4. The van der Waals surface area contributed by atoms with Crippen LogP contribution >= 0.6 is 0 Å². The molecule has 12 nitrogen and oxygen atoms in total. The molecule has 6 aromatic rings. The lowest BCUT2D eigenvalue weighted by atomic mass is 9.95. The van der Waals surface area contributed by atoms with Crippen molar-refractivity contribution < 1.29 is 57.3 Å². The molecule has 0 aromatic heterocycles. The van der Waals surface area contributed by atoms with E-state index in [2.05, 4.69) is 0 Å². The molecule has 0 amide bonds. The zero-order valence-electron chi connectivity index (χ0n) is 38.2. The number of carbonyl (C=O) groups excluding carboxylic acids is 1. The molecule has 12 heteroatoms. The summed E-state index contributed by atoms with van der Waals surface area (Å²) in [7, 11) is 0. The highest BCUT2D eigenvalue weighted by molar-refractivity contribution is 5.66. The molecule has 2 saturated heterocycles. The first-order chi connectivity index (χ1) is 33.5. The average molecular weight is 925 g/mol. The normalized spacial score (nSPS) is 24.9. The molecule has 10 atom stereocenters. The molecule has 2 fully saturated rings. The minimum absolute atomic E-state index is 0.0305. The van der Waals surface area contributed by atoms with Crippen LogP contribution in [-0.4, -0.2) is 85.7 Å². The van der Waals surface area contributed by atoms with Crippen molar-refractivity contribution in [2.75, 3.05) is 13.2 Å². The summed E-state index contributed by atoms with van der Waals surface area (Å²) in [4.78, 5) is 12.7. The first-order valence-electron chi connectivity index (χ1n) is 23.1. The van der Waals surface area contributed by atoms with E-state index < -0.39 is 67.4 Å². The van der Waals surface area contributed by atoms with E-state index >= 15 is 0 Å². The Labute approximate surface area is 398 Å². The lowest BCUT2D eigenvalue weighted by molar-refractivity contribution is -0.371. The summed E-state index contributed by atoms with van der Waals surface area (Å²) < 4.78 is 66.6. The van der Waals surface area contributed by atoms with E-state index in [1.807, 2.05) is 182 Å². The molecule has 68 heavy (non-hydrogen) atoms. The second-order valence-corrected chi connectivity index (χ2v) is 16.8. The second-order valence-electron chi connectivity index (χ2n) is 16.8. The molecule has 2 heterocycles. The van der Waals surface area contributed by atoms with Crippen LogP contribution in [0, 0.1) is 0 Å². The van der Waals surface area contributed by atoms with Crippen LogP contribution in [0.3, 0.4) is 0 Å². The Morgan fingerprint density at radius 1 is 0.412 bits per heavy atom. The molecule has 0 bridgehead atoms. The van der Waals surface area contributed by atoms with Gasteiger partial charge < -0.3 is 52.5 Å². The molecule has 0 spiro atoms. The van der Waals surface area contributed by atoms with Crippen molar-refractivity contribution in [2.45, 2.75) is 108 Å². The minimum atomic E-state index is -1.58. The fraction of sp³-hybridized carbons (Fsp3) is 0.339. The summed E-state index contributed by atoms with van der Waals surface area (Å²) in [5.41, 5.74) is 5.61. The summed E-state index contributed by atoms with van der Waals surface area (Å²) in [5, 5.41) is 11.6. The first-order valence-corrected chi connectivity index (χ1v) is 23.1. The zero-order valence-corrected chi connectivity index (χ0v) is 38.2. The van der Waals surface area contributed by atoms with Crippen LogP contribution in [0.4, 0.5) is 0 Å². The number of benzene rings is 6. The Hall–Kier alpha value is -5.61. The largest absolute Gasteiger partial charge is 0.454 e. The number of rotatable bonds is 23. The third kappa shape index (κ3) is 14.2. The lowest BCUT2D eigenvalue weighted by Gasteiger charge is -2.49. The lowest BCUT2D eigenvalue weighted by Crippen LogP contribution is -2.66. The van der Waals surface area contributed by atoms with Crippen LogP contribution in [0.2, 0.25) is 0 Å². The van der Waals surface area contributed by atoms with Crippen LogP contribution in [-0.2, 0) is 91.8 Å². The van der Waals surface area contributed by atoms with E-state index in [-0.39, 0.29) is 46.2 Å². The predicted octanol–water partition coefficient (Wildman–Crippen LogP) is 8.52. The van der Waals surface area contributed by atoms with Gasteiger partial charge in [0.1, 0.15) is 42.7 Å². The first kappa shape index (κ1) is 48.8. The van der Waals surface area contributed by atoms with Crippen molar-refractivity contribution in [2.24, 2.45) is 0 Å². The molecule has 8 rings (SSSR count). The summed E-state index contributed by atoms with van der Waals surface area (Å²) in [6.45, 7) is 2.65. The van der Waals surface area contributed by atoms with E-state index in [0.717, 1.165) is 33.4 Å². The smallest absolute Gasteiger partial charge is 0.303 e. The Morgan fingerprint density at radius 2 is 0.735 bits per heavy atom. The van der Waals surface area contributed by atoms with E-state index in [4.69, 9.17) is 47.4 Å². The molecule has 0 radical (unpaired) electrons. The van der Waals surface area contributed by atoms with Gasteiger partial charge in [0, 0.05) is 6.92 Å². The van der Waals surface area contributed by atoms with Crippen molar-refractivity contribution in [1.29, 1.82) is 0 Å². The Balaban J connectivity index is 1.18. The Bertz CT molecular complexity index is 2330. The van der Waals surface area contributed by atoms with Crippen molar-refractivity contribution in [3.05, 3.63) is 215 Å². The Kier molecular flexibility index (Phi) is 18.4. The molecule has 6 aromatic carbocycles. The van der Waals surface area contributed by atoms with Crippen LogP contribution in [0.25, 0.3) is 0 Å². The number of aliphatic hydroxyl groups is 1. The van der Waals surface area contributed by atoms with Gasteiger partial charge in [-0.3, -0.25) is 4.79 Å². The average Bonchev–Trinajstić information content (AvgIpc) is 3.37. The third-order valence-electron chi connectivity index (χ3n) is 11.7. The van der Waals surface area contributed by atoms with Crippen LogP contribution < -0.4 is 0 Å². The van der Waals surface area contributed by atoms with Crippen molar-refractivity contribution >= 4 is 5.97 Å². The van der Waals surface area contributed by atoms with E-state index in [1.165, 1.54) is 6.92 Å². The van der Waals surface area contributed by atoms with E-state index in [9.17, 15) is 9.90 Å². The minimum Gasteiger partial charge on any atom is -0.454 e. The molecule has 2 aliphatic heterocycles. The third-order valence-corrected chi connectivity index (χ3v) is 11.7. The molecular formula is C56H60O12. The molecule has 2 aliphatic rings. The molecular weight excluding hydrogens is 865 g/mol. The van der Waals surface area contributed by atoms with Gasteiger partial charge in [0.05, 0.1) is 52.9 Å². The highest BCUT2D eigenvalue weighted by Crippen LogP contribution is 2.36. The highest BCUT2D eigenvalue weighted by Gasteiger charge is 2.54. The van der Waals surface area contributed by atoms with Gasteiger partial charge in [-0.1, -0.05) is 182 Å². The maximum absolute atomic E-state index is 12.7. The number of esters is 1. The predicted molar refractivity (Wildman–Crippen MR) is 252 cm³/mol. The number of aliphatic hydroxyl groups excluding tert-OH is 1. The van der Waals surface area contributed by atoms with Crippen LogP contribution in [0.5, 0.6) is 0 Å². The molecule has 356 valence electrons. The maximum Gasteiger partial charge on any atom is 0.303 e. The van der Waals surface area contributed by atoms with Gasteiger partial charge in [-0.25, -0.2) is 0 Å². The summed E-state index contributed by atoms with van der Waals surface area (Å²) in [6, 6.07) is 58.9. The van der Waals surface area contributed by atoms with Crippen LogP contribution in [0.15, 0.2) is 182 Å². The van der Waals surface area contributed by atoms with Crippen molar-refractivity contribution in [3.63, 3.8) is 0 Å². The molecule has 0 saturated carbocycles. The van der Waals surface area contributed by atoms with Crippen molar-refractivity contribution in [1.82, 2.24) is 0 Å². The zero-order chi connectivity index (χ0) is 46.8. The van der Waals surface area contributed by atoms with Gasteiger partial charge in [0.2, 0.25) is 0 Å². The molecule has 0 aliphatic carbocycles. The number of hydrogen-bond donors (Lipinski definition) is 1. The topological polar surface area (TPSA) is 130 Å². The quantitative estimate of drug-likeness (QED) is 0.0619. The van der Waals surface area contributed by atoms with E-state index in [1.54, 1.807) is 0 Å². The highest BCUT2D eigenvalue weighted by atomic mass is 16.8. The van der Waals surface area contributed by atoms with Gasteiger partial charge in [-0.2, -0.15) is 0 Å². The second kappa shape index (κ2) is 25.7. The maximum atomic E-state index is 12.7. The number of hydrogen-bond acceptors (Lipinski definition) is 12. The summed E-state index contributed by atoms with van der Waals surface area (Å²) in [5.74, 6) is -0.634. The number of carbonyl (C=O) groups is 1. The van der Waals surface area contributed by atoms with Gasteiger partial charge in [0.25, 0.3) is 0 Å². The van der Waals surface area contributed by atoms with E-state index in [0.29, 0.717) is 6.61 Å². The Morgan fingerprint density at radius 3 is 1.12 bits per heavy atom. The SMILES string of the molecule is CC(=O)OC1C(O)OC(COCc2ccccc2)C(OC2OC(COCc3ccccc3)C(OCc3ccccc3)C(OCc3ccccc3)C2OCc2ccccc2)C1OCc1ccccc1. The van der Waals surface area contributed by atoms with Gasteiger partial charge in [-0.05, 0) is 33.4 Å². The standard InChI is InChI=1S/C56H60O12/c1-40(57)65-53-52(63-36-45-28-16-6-17-29-45)50(48(66-55(53)58)39-60-33-42-22-10-3-11-23-42)68-56-54(64-37-46-30-18-7-19-31-46)51(62-35-44-26-14-5-15-27-44)49(61-34-43-24-12-4-13-25-43)47(67-56)38-59-32-41-20-8-2-9-21-41/h2-31,47-56,58H,32-39H2,1H3.